The van der Waals surface area contributed by atoms with E-state index >= 15 is 0 Å². The second kappa shape index (κ2) is 6.35. The summed E-state index contributed by atoms with van der Waals surface area (Å²) in [5.74, 6) is -1.34. The second-order valence-corrected chi connectivity index (χ2v) is 6.03. The molecule has 3 rings (SSSR count). The van der Waals surface area contributed by atoms with Crippen molar-refractivity contribution in [3.8, 4) is 11.5 Å². The fourth-order valence-electron chi connectivity index (χ4n) is 3.20. The van der Waals surface area contributed by atoms with Crippen LogP contribution in [0.4, 0.5) is 0 Å². The SMILES string of the molecule is O=C(O)CCCCc1ccc2c(c1O)C(=O)c1c(O)cccc1C2. The molecule has 0 spiro atoms. The van der Waals surface area contributed by atoms with Gasteiger partial charge in [-0.15, -0.1) is 0 Å². The molecule has 5 nitrogen and oxygen atoms in total. The quantitative estimate of drug-likeness (QED) is 0.626. The van der Waals surface area contributed by atoms with Crippen LogP contribution in [0.15, 0.2) is 30.3 Å². The molecule has 0 heterocycles. The van der Waals surface area contributed by atoms with Crippen molar-refractivity contribution in [2.24, 2.45) is 0 Å². The Balaban J connectivity index is 1.89. The summed E-state index contributed by atoms with van der Waals surface area (Å²) in [7, 11) is 0. The minimum atomic E-state index is -0.841. The Morgan fingerprint density at radius 1 is 1.00 bits per heavy atom. The standard InChI is InChI=1S/C19H18O5/c20-14-6-3-5-12-10-13-9-8-11(4-1-2-7-15(21)22)18(23)17(13)19(24)16(12)14/h3,5-6,8-9,20,23H,1-2,4,7,10H2,(H,21,22). The van der Waals surface area contributed by atoms with Crippen molar-refractivity contribution in [3.05, 3.63) is 58.1 Å². The van der Waals surface area contributed by atoms with Crippen molar-refractivity contribution in [2.75, 3.05) is 0 Å². The fraction of sp³-hybridized carbons (Fsp3) is 0.263. The lowest BCUT2D eigenvalue weighted by molar-refractivity contribution is -0.137. The van der Waals surface area contributed by atoms with Crippen molar-refractivity contribution in [3.63, 3.8) is 0 Å². The molecule has 0 bridgehead atoms. The lowest BCUT2D eigenvalue weighted by atomic mass is 9.82. The number of carboxylic acids is 1. The minimum absolute atomic E-state index is 0.0540. The number of hydrogen-bond acceptors (Lipinski definition) is 4. The summed E-state index contributed by atoms with van der Waals surface area (Å²) >= 11 is 0. The Bertz CT molecular complexity index is 823. The summed E-state index contributed by atoms with van der Waals surface area (Å²) in [6.45, 7) is 0. The van der Waals surface area contributed by atoms with E-state index in [-0.39, 0.29) is 34.8 Å². The van der Waals surface area contributed by atoms with Crippen LogP contribution in [-0.4, -0.2) is 27.1 Å². The minimum Gasteiger partial charge on any atom is -0.507 e. The van der Waals surface area contributed by atoms with Gasteiger partial charge in [0.15, 0.2) is 0 Å². The van der Waals surface area contributed by atoms with Crippen LogP contribution >= 0.6 is 0 Å². The summed E-state index contributed by atoms with van der Waals surface area (Å²) in [6, 6.07) is 8.58. The highest BCUT2D eigenvalue weighted by atomic mass is 16.4. The number of carbonyl (C=O) groups is 2. The highest BCUT2D eigenvalue weighted by Gasteiger charge is 2.29. The zero-order valence-electron chi connectivity index (χ0n) is 13.1. The van der Waals surface area contributed by atoms with Crippen LogP contribution in [0.25, 0.3) is 0 Å². The van der Waals surface area contributed by atoms with Gasteiger partial charge in [-0.05, 0) is 48.4 Å². The van der Waals surface area contributed by atoms with Gasteiger partial charge in [0.2, 0.25) is 5.78 Å². The number of phenols is 2. The number of aryl methyl sites for hydroxylation is 1. The molecule has 0 atom stereocenters. The van der Waals surface area contributed by atoms with Gasteiger partial charge in [0.25, 0.3) is 0 Å². The predicted molar refractivity (Wildman–Crippen MR) is 87.6 cm³/mol. The van der Waals surface area contributed by atoms with Crippen molar-refractivity contribution >= 4 is 11.8 Å². The van der Waals surface area contributed by atoms with Crippen LogP contribution in [0.5, 0.6) is 11.5 Å². The number of rotatable bonds is 5. The van der Waals surface area contributed by atoms with E-state index in [1.165, 1.54) is 6.07 Å². The Labute approximate surface area is 139 Å². The van der Waals surface area contributed by atoms with E-state index in [2.05, 4.69) is 0 Å². The number of phenolic OH excluding ortho intramolecular Hbond substituents is 2. The van der Waals surface area contributed by atoms with Gasteiger partial charge in [0, 0.05) is 6.42 Å². The van der Waals surface area contributed by atoms with Crippen LogP contribution in [0.2, 0.25) is 0 Å². The van der Waals surface area contributed by atoms with Crippen molar-refractivity contribution in [2.45, 2.75) is 32.1 Å². The van der Waals surface area contributed by atoms with Gasteiger partial charge in [-0.2, -0.15) is 0 Å². The van der Waals surface area contributed by atoms with Gasteiger partial charge in [-0.3, -0.25) is 9.59 Å². The van der Waals surface area contributed by atoms with E-state index in [9.17, 15) is 19.8 Å². The van der Waals surface area contributed by atoms with E-state index in [1.807, 2.05) is 6.07 Å². The molecule has 0 unspecified atom stereocenters. The number of aliphatic carboxylic acids is 1. The van der Waals surface area contributed by atoms with Crippen LogP contribution in [0, 0.1) is 0 Å². The average molecular weight is 326 g/mol. The summed E-state index contributed by atoms with van der Waals surface area (Å²) in [5, 5.41) is 29.2. The first-order valence-corrected chi connectivity index (χ1v) is 7.90. The van der Waals surface area contributed by atoms with Crippen molar-refractivity contribution in [1.82, 2.24) is 0 Å². The molecule has 124 valence electrons. The molecule has 0 amide bonds. The first-order chi connectivity index (χ1) is 11.5. The summed E-state index contributed by atoms with van der Waals surface area (Å²) < 4.78 is 0. The van der Waals surface area contributed by atoms with E-state index < -0.39 is 5.97 Å². The zero-order chi connectivity index (χ0) is 17.3. The third-order valence-electron chi connectivity index (χ3n) is 4.40. The number of carboxylic acid groups (broad SMARTS) is 1. The van der Waals surface area contributed by atoms with Crippen LogP contribution in [0.3, 0.4) is 0 Å². The Morgan fingerprint density at radius 3 is 2.50 bits per heavy atom. The summed E-state index contributed by atoms with van der Waals surface area (Å²) in [5.41, 5.74) is 2.63. The Kier molecular flexibility index (Phi) is 4.25. The molecular formula is C19H18O5. The number of unbranched alkanes of at least 4 members (excludes halogenated alkanes) is 1. The van der Waals surface area contributed by atoms with Crippen LogP contribution in [0.1, 0.15) is 51.9 Å². The average Bonchev–Trinajstić information content (AvgIpc) is 2.53. The fourth-order valence-corrected chi connectivity index (χ4v) is 3.20. The molecule has 0 aromatic heterocycles. The normalized spacial score (nSPS) is 12.6. The van der Waals surface area contributed by atoms with E-state index in [0.29, 0.717) is 31.2 Å². The molecule has 3 N–H and O–H groups in total. The molecule has 24 heavy (non-hydrogen) atoms. The third kappa shape index (κ3) is 2.85. The first-order valence-electron chi connectivity index (χ1n) is 7.90. The predicted octanol–water partition coefficient (Wildman–Crippen LogP) is 3.03. The Hall–Kier alpha value is -2.82. The zero-order valence-corrected chi connectivity index (χ0v) is 13.1. The highest BCUT2D eigenvalue weighted by molar-refractivity contribution is 6.15. The molecule has 1 aliphatic rings. The Morgan fingerprint density at radius 2 is 1.75 bits per heavy atom. The number of ketones is 1. The van der Waals surface area contributed by atoms with Gasteiger partial charge in [0.05, 0.1) is 11.1 Å². The first kappa shape index (κ1) is 16.1. The lowest BCUT2D eigenvalue weighted by Crippen LogP contribution is -2.16. The summed E-state index contributed by atoms with van der Waals surface area (Å²) in [6.07, 6.45) is 2.22. The molecule has 0 saturated heterocycles. The van der Waals surface area contributed by atoms with E-state index in [4.69, 9.17) is 5.11 Å². The number of hydrogen-bond donors (Lipinski definition) is 3. The lowest BCUT2D eigenvalue weighted by Gasteiger charge is -2.21. The number of benzene rings is 2. The number of aromatic hydroxyl groups is 2. The maximum atomic E-state index is 12.7. The molecule has 1 aliphatic carbocycles. The van der Waals surface area contributed by atoms with Gasteiger partial charge in [-0.1, -0.05) is 24.3 Å². The van der Waals surface area contributed by atoms with E-state index in [0.717, 1.165) is 11.1 Å². The molecular weight excluding hydrogens is 308 g/mol. The molecule has 5 heteroatoms. The van der Waals surface area contributed by atoms with Crippen molar-refractivity contribution < 1.29 is 24.9 Å². The molecule has 0 aliphatic heterocycles. The summed E-state index contributed by atoms with van der Waals surface area (Å²) in [4.78, 5) is 23.3. The highest BCUT2D eigenvalue weighted by Crippen LogP contribution is 2.38. The molecule has 2 aromatic rings. The smallest absolute Gasteiger partial charge is 0.303 e. The van der Waals surface area contributed by atoms with Crippen LogP contribution in [-0.2, 0) is 17.6 Å². The maximum absolute atomic E-state index is 12.7. The largest absolute Gasteiger partial charge is 0.507 e. The molecule has 2 aromatic carbocycles. The molecule has 0 fully saturated rings. The number of carbonyl (C=O) groups excluding carboxylic acids is 1. The van der Waals surface area contributed by atoms with E-state index in [1.54, 1.807) is 18.2 Å². The molecule has 0 saturated carbocycles. The topological polar surface area (TPSA) is 94.8 Å². The monoisotopic (exact) mass is 326 g/mol. The van der Waals surface area contributed by atoms with Gasteiger partial charge >= 0.3 is 5.97 Å². The number of fused-ring (bicyclic) bond motifs is 2. The second-order valence-electron chi connectivity index (χ2n) is 6.03. The van der Waals surface area contributed by atoms with Crippen LogP contribution < -0.4 is 0 Å². The third-order valence-corrected chi connectivity index (χ3v) is 4.40. The van der Waals surface area contributed by atoms with Gasteiger partial charge in [-0.25, -0.2) is 0 Å². The maximum Gasteiger partial charge on any atom is 0.303 e. The van der Waals surface area contributed by atoms with Crippen molar-refractivity contribution in [1.29, 1.82) is 0 Å². The molecule has 0 radical (unpaired) electrons. The van der Waals surface area contributed by atoms with Gasteiger partial charge in [0.1, 0.15) is 11.5 Å². The van der Waals surface area contributed by atoms with Gasteiger partial charge < -0.3 is 15.3 Å².